The Kier molecular flexibility index (Phi) is 5.62. The van der Waals surface area contributed by atoms with Gasteiger partial charge in [-0.1, -0.05) is 72.8 Å². The van der Waals surface area contributed by atoms with Crippen molar-refractivity contribution < 1.29 is 5.11 Å². The quantitative estimate of drug-likeness (QED) is 0.490. The lowest BCUT2D eigenvalue weighted by Crippen LogP contribution is -2.44. The van der Waals surface area contributed by atoms with E-state index in [0.29, 0.717) is 0 Å². The van der Waals surface area contributed by atoms with E-state index in [-0.39, 0.29) is 6.04 Å². The van der Waals surface area contributed by atoms with Crippen LogP contribution in [0.1, 0.15) is 11.7 Å². The van der Waals surface area contributed by atoms with Gasteiger partial charge in [-0.3, -0.25) is 5.01 Å². The molecule has 0 aromatic heterocycles. The number of rotatable bonds is 7. The van der Waals surface area contributed by atoms with E-state index in [1.54, 1.807) is 6.08 Å². The standard InChI is InChI=1S/C22H22N2O/c1-2-21(22(25)18-12-6-3-7-13-18)23-24(19-14-8-4-9-15-19)20-16-10-5-11-17-20/h2-17,21-23,25H,1H2/t21-,22+/m1/s1. The van der Waals surface area contributed by atoms with E-state index in [4.69, 9.17) is 0 Å². The van der Waals surface area contributed by atoms with Gasteiger partial charge in [0, 0.05) is 0 Å². The fourth-order valence-electron chi connectivity index (χ4n) is 2.71. The van der Waals surface area contributed by atoms with Gasteiger partial charge in [0.25, 0.3) is 0 Å². The zero-order valence-electron chi connectivity index (χ0n) is 14.0. The second-order valence-corrected chi connectivity index (χ2v) is 5.75. The Morgan fingerprint density at radius 3 is 1.64 bits per heavy atom. The van der Waals surface area contributed by atoms with E-state index in [0.717, 1.165) is 16.9 Å². The maximum atomic E-state index is 10.8. The lowest BCUT2D eigenvalue weighted by Gasteiger charge is -2.32. The van der Waals surface area contributed by atoms with Crippen molar-refractivity contribution in [1.82, 2.24) is 5.43 Å². The summed E-state index contributed by atoms with van der Waals surface area (Å²) in [6, 6.07) is 29.3. The topological polar surface area (TPSA) is 35.5 Å². The second-order valence-electron chi connectivity index (χ2n) is 5.75. The Hall–Kier alpha value is -2.88. The number of hydrogen-bond acceptors (Lipinski definition) is 3. The minimum atomic E-state index is -0.700. The normalized spacial score (nSPS) is 13.0. The summed E-state index contributed by atoms with van der Waals surface area (Å²) in [6.07, 6.45) is 1.03. The zero-order valence-corrected chi connectivity index (χ0v) is 14.0. The predicted molar refractivity (Wildman–Crippen MR) is 104 cm³/mol. The van der Waals surface area contributed by atoms with Gasteiger partial charge in [-0.25, -0.2) is 5.43 Å². The molecule has 0 aliphatic carbocycles. The van der Waals surface area contributed by atoms with E-state index in [1.807, 2.05) is 96.0 Å². The number of hydrazine groups is 1. The van der Waals surface area contributed by atoms with E-state index in [1.165, 1.54) is 0 Å². The third-order valence-electron chi connectivity index (χ3n) is 4.04. The largest absolute Gasteiger partial charge is 0.386 e. The van der Waals surface area contributed by atoms with Crippen molar-refractivity contribution >= 4 is 11.4 Å². The molecule has 0 saturated carbocycles. The molecule has 126 valence electrons. The summed E-state index contributed by atoms with van der Waals surface area (Å²) in [5.41, 5.74) is 6.22. The van der Waals surface area contributed by atoms with Gasteiger partial charge >= 0.3 is 0 Å². The number of nitrogens with zero attached hydrogens (tertiary/aromatic N) is 1. The Morgan fingerprint density at radius 2 is 1.20 bits per heavy atom. The first-order chi connectivity index (χ1) is 12.3. The number of aliphatic hydroxyl groups excluding tert-OH is 1. The first kappa shape index (κ1) is 17.0. The fraction of sp³-hybridized carbons (Fsp3) is 0.0909. The average molecular weight is 330 g/mol. The molecule has 3 rings (SSSR count). The van der Waals surface area contributed by atoms with Crippen LogP contribution < -0.4 is 10.4 Å². The smallest absolute Gasteiger partial charge is 0.0996 e. The molecule has 3 nitrogen and oxygen atoms in total. The monoisotopic (exact) mass is 330 g/mol. The van der Waals surface area contributed by atoms with Gasteiger partial charge in [-0.15, -0.1) is 6.58 Å². The highest BCUT2D eigenvalue weighted by Gasteiger charge is 2.21. The van der Waals surface area contributed by atoms with Gasteiger partial charge in [0.15, 0.2) is 0 Å². The molecular formula is C22H22N2O. The van der Waals surface area contributed by atoms with E-state index >= 15 is 0 Å². The molecule has 3 aromatic carbocycles. The van der Waals surface area contributed by atoms with Crippen LogP contribution >= 0.6 is 0 Å². The Labute approximate surface area is 148 Å². The van der Waals surface area contributed by atoms with Crippen molar-refractivity contribution in [1.29, 1.82) is 0 Å². The van der Waals surface area contributed by atoms with Crippen LogP contribution in [0.2, 0.25) is 0 Å². The van der Waals surface area contributed by atoms with Crippen molar-refractivity contribution in [2.24, 2.45) is 0 Å². The molecule has 0 fully saturated rings. The van der Waals surface area contributed by atoms with Gasteiger partial charge in [0.05, 0.1) is 23.5 Å². The lowest BCUT2D eigenvalue weighted by molar-refractivity contribution is 0.148. The van der Waals surface area contributed by atoms with Crippen molar-refractivity contribution in [3.8, 4) is 0 Å². The second kappa shape index (κ2) is 8.29. The van der Waals surface area contributed by atoms with Crippen molar-refractivity contribution in [2.75, 3.05) is 5.01 Å². The molecule has 2 atom stereocenters. The molecule has 0 radical (unpaired) electrons. The van der Waals surface area contributed by atoms with Crippen LogP contribution in [0, 0.1) is 0 Å². The Morgan fingerprint density at radius 1 is 0.760 bits per heavy atom. The molecule has 0 bridgehead atoms. The van der Waals surface area contributed by atoms with Crippen LogP contribution in [-0.2, 0) is 0 Å². The number of benzene rings is 3. The van der Waals surface area contributed by atoms with Gasteiger partial charge < -0.3 is 5.11 Å². The molecule has 0 unspecified atom stereocenters. The molecule has 0 heterocycles. The van der Waals surface area contributed by atoms with Crippen molar-refractivity contribution in [3.05, 3.63) is 109 Å². The predicted octanol–water partition coefficient (Wildman–Crippen LogP) is 4.62. The highest BCUT2D eigenvalue weighted by molar-refractivity contribution is 5.61. The highest BCUT2D eigenvalue weighted by Crippen LogP contribution is 2.25. The summed E-state index contributed by atoms with van der Waals surface area (Å²) in [4.78, 5) is 0. The van der Waals surface area contributed by atoms with E-state index in [2.05, 4.69) is 12.0 Å². The molecule has 2 N–H and O–H groups in total. The molecule has 25 heavy (non-hydrogen) atoms. The number of anilines is 2. The number of para-hydroxylation sites is 2. The van der Waals surface area contributed by atoms with Gasteiger partial charge in [0.2, 0.25) is 0 Å². The maximum absolute atomic E-state index is 10.8. The Bertz CT molecular complexity index is 735. The van der Waals surface area contributed by atoms with Crippen LogP contribution in [-0.4, -0.2) is 11.1 Å². The summed E-state index contributed by atoms with van der Waals surface area (Å²) in [5.74, 6) is 0. The maximum Gasteiger partial charge on any atom is 0.0996 e. The van der Waals surface area contributed by atoms with Crippen molar-refractivity contribution in [3.63, 3.8) is 0 Å². The molecule has 3 heteroatoms. The minimum Gasteiger partial charge on any atom is -0.386 e. The summed E-state index contributed by atoms with van der Waals surface area (Å²) < 4.78 is 0. The first-order valence-electron chi connectivity index (χ1n) is 8.31. The average Bonchev–Trinajstić information content (AvgIpc) is 2.70. The third kappa shape index (κ3) is 4.15. The number of hydrogen-bond donors (Lipinski definition) is 2. The minimum absolute atomic E-state index is 0.345. The van der Waals surface area contributed by atoms with Crippen LogP contribution in [0.4, 0.5) is 11.4 Å². The van der Waals surface area contributed by atoms with Gasteiger partial charge in [0.1, 0.15) is 0 Å². The van der Waals surface area contributed by atoms with Gasteiger partial charge in [-0.05, 0) is 29.8 Å². The number of aliphatic hydroxyl groups is 1. The fourth-order valence-corrected chi connectivity index (χ4v) is 2.71. The lowest BCUT2D eigenvalue weighted by atomic mass is 10.0. The van der Waals surface area contributed by atoms with Gasteiger partial charge in [-0.2, -0.15) is 0 Å². The van der Waals surface area contributed by atoms with Crippen LogP contribution in [0.25, 0.3) is 0 Å². The summed E-state index contributed by atoms with van der Waals surface area (Å²) in [7, 11) is 0. The molecule has 0 amide bonds. The molecule has 0 spiro atoms. The van der Waals surface area contributed by atoms with Crippen LogP contribution in [0.5, 0.6) is 0 Å². The molecule has 0 aliphatic rings. The molecular weight excluding hydrogens is 308 g/mol. The van der Waals surface area contributed by atoms with E-state index in [9.17, 15) is 5.11 Å². The first-order valence-corrected chi connectivity index (χ1v) is 8.31. The zero-order chi connectivity index (χ0) is 17.5. The summed E-state index contributed by atoms with van der Waals surface area (Å²) >= 11 is 0. The van der Waals surface area contributed by atoms with E-state index < -0.39 is 6.10 Å². The highest BCUT2D eigenvalue weighted by atomic mass is 16.3. The van der Waals surface area contributed by atoms with Crippen molar-refractivity contribution in [2.45, 2.75) is 12.1 Å². The Balaban J connectivity index is 1.90. The van der Waals surface area contributed by atoms with Crippen LogP contribution in [0.3, 0.4) is 0 Å². The number of nitrogens with one attached hydrogen (secondary N) is 1. The summed E-state index contributed by atoms with van der Waals surface area (Å²) in [6.45, 7) is 3.90. The molecule has 0 aliphatic heterocycles. The SMILES string of the molecule is C=C[C@@H](NN(c1ccccc1)c1ccccc1)[C@@H](O)c1ccccc1. The molecule has 3 aromatic rings. The third-order valence-corrected chi connectivity index (χ3v) is 4.04. The summed E-state index contributed by atoms with van der Waals surface area (Å²) in [5, 5.41) is 12.7. The van der Waals surface area contributed by atoms with Crippen LogP contribution in [0.15, 0.2) is 104 Å². The molecule has 0 saturated heterocycles.